The molecule has 1 rings (SSSR count). The highest BCUT2D eigenvalue weighted by Crippen LogP contribution is 2.13. The molecule has 0 aromatic heterocycles. The smallest absolute Gasteiger partial charge is 0.331 e. The van der Waals surface area contributed by atoms with Gasteiger partial charge in [0.25, 0.3) is 0 Å². The zero-order valence-electron chi connectivity index (χ0n) is 9.07. The fraction of sp³-hybridized carbons (Fsp3) is 0.273. The lowest BCUT2D eigenvalue weighted by atomic mass is 10.1. The van der Waals surface area contributed by atoms with Crippen LogP contribution in [0.15, 0.2) is 29.4 Å². The Bertz CT molecular complexity index is 387. The summed E-state index contributed by atoms with van der Waals surface area (Å²) in [6.45, 7) is 1.31. The maximum Gasteiger partial charge on any atom is 0.331 e. The number of rotatable bonds is 4. The third-order valence-electron chi connectivity index (χ3n) is 1.83. The minimum absolute atomic E-state index is 0.438. The SMILES string of the molecule is COc1ccc(C(CBr)=NOC(C)=O)cc1. The molecule has 0 unspecified atom stereocenters. The summed E-state index contributed by atoms with van der Waals surface area (Å²) in [7, 11) is 1.60. The van der Waals surface area contributed by atoms with Crippen LogP contribution < -0.4 is 4.74 Å². The molecule has 0 aliphatic heterocycles. The van der Waals surface area contributed by atoms with Gasteiger partial charge < -0.3 is 9.57 Å². The summed E-state index contributed by atoms with van der Waals surface area (Å²) in [6, 6.07) is 7.34. The number of halogens is 1. The number of nitrogens with zero attached hydrogens (tertiary/aromatic N) is 1. The van der Waals surface area contributed by atoms with Crippen molar-refractivity contribution in [3.8, 4) is 5.75 Å². The lowest BCUT2D eigenvalue weighted by molar-refractivity contribution is -0.140. The summed E-state index contributed by atoms with van der Waals surface area (Å²) in [6.07, 6.45) is 0. The molecule has 16 heavy (non-hydrogen) atoms. The van der Waals surface area contributed by atoms with E-state index in [9.17, 15) is 4.79 Å². The number of methoxy groups -OCH3 is 1. The number of ether oxygens (including phenoxy) is 1. The number of alkyl halides is 1. The average Bonchev–Trinajstić information content (AvgIpc) is 2.30. The topological polar surface area (TPSA) is 47.9 Å². The van der Waals surface area contributed by atoms with Gasteiger partial charge in [0.2, 0.25) is 0 Å². The molecule has 0 radical (unpaired) electrons. The summed E-state index contributed by atoms with van der Waals surface area (Å²) in [5.74, 6) is 0.331. The van der Waals surface area contributed by atoms with Gasteiger partial charge in [-0.1, -0.05) is 21.1 Å². The van der Waals surface area contributed by atoms with Gasteiger partial charge >= 0.3 is 5.97 Å². The van der Waals surface area contributed by atoms with Crippen molar-refractivity contribution in [2.45, 2.75) is 6.92 Å². The van der Waals surface area contributed by atoms with Crippen LogP contribution in [-0.2, 0) is 9.63 Å². The van der Waals surface area contributed by atoms with Crippen LogP contribution in [0.3, 0.4) is 0 Å². The van der Waals surface area contributed by atoms with Gasteiger partial charge in [-0.15, -0.1) is 0 Å². The van der Waals surface area contributed by atoms with E-state index >= 15 is 0 Å². The highest BCUT2D eigenvalue weighted by atomic mass is 79.9. The molecule has 4 nitrogen and oxygen atoms in total. The summed E-state index contributed by atoms with van der Waals surface area (Å²) < 4.78 is 5.04. The molecule has 0 spiro atoms. The number of carbonyl (C=O) groups excluding carboxylic acids is 1. The van der Waals surface area contributed by atoms with Crippen LogP contribution in [0, 0.1) is 0 Å². The van der Waals surface area contributed by atoms with E-state index in [-0.39, 0.29) is 0 Å². The van der Waals surface area contributed by atoms with Crippen molar-refractivity contribution in [3.63, 3.8) is 0 Å². The van der Waals surface area contributed by atoms with Crippen LogP contribution in [0.1, 0.15) is 12.5 Å². The van der Waals surface area contributed by atoms with Crippen molar-refractivity contribution in [2.75, 3.05) is 12.4 Å². The van der Waals surface area contributed by atoms with E-state index in [1.54, 1.807) is 7.11 Å². The Morgan fingerprint density at radius 2 is 2.00 bits per heavy atom. The Morgan fingerprint density at radius 1 is 1.38 bits per heavy atom. The minimum atomic E-state index is -0.438. The van der Waals surface area contributed by atoms with E-state index in [1.165, 1.54) is 6.92 Å². The standard InChI is InChI=1S/C11H12BrNO3/c1-8(14)16-13-11(7-12)9-3-5-10(15-2)6-4-9/h3-6H,7H2,1-2H3. The van der Waals surface area contributed by atoms with Gasteiger partial charge in [0.15, 0.2) is 0 Å². The van der Waals surface area contributed by atoms with E-state index < -0.39 is 5.97 Å². The number of carbonyl (C=O) groups is 1. The Kier molecular flexibility index (Phi) is 4.98. The van der Waals surface area contributed by atoms with E-state index in [0.717, 1.165) is 11.3 Å². The summed E-state index contributed by atoms with van der Waals surface area (Å²) in [4.78, 5) is 15.2. The Balaban J connectivity index is 2.86. The monoisotopic (exact) mass is 285 g/mol. The van der Waals surface area contributed by atoms with Crippen LogP contribution in [0.5, 0.6) is 5.75 Å². The zero-order chi connectivity index (χ0) is 12.0. The van der Waals surface area contributed by atoms with Crippen LogP contribution in [0.2, 0.25) is 0 Å². The van der Waals surface area contributed by atoms with Crippen molar-refractivity contribution < 1.29 is 14.4 Å². The van der Waals surface area contributed by atoms with Crippen LogP contribution >= 0.6 is 15.9 Å². The van der Waals surface area contributed by atoms with Crippen LogP contribution in [0.25, 0.3) is 0 Å². The molecule has 0 saturated carbocycles. The number of benzene rings is 1. The fourth-order valence-electron chi connectivity index (χ4n) is 1.06. The second kappa shape index (κ2) is 6.27. The average molecular weight is 286 g/mol. The lowest BCUT2D eigenvalue weighted by Gasteiger charge is -2.03. The van der Waals surface area contributed by atoms with Crippen molar-refractivity contribution in [2.24, 2.45) is 5.16 Å². The van der Waals surface area contributed by atoms with Gasteiger partial charge in [-0.2, -0.15) is 0 Å². The molecule has 86 valence electrons. The van der Waals surface area contributed by atoms with E-state index in [1.807, 2.05) is 24.3 Å². The quantitative estimate of drug-likeness (QED) is 0.369. The predicted molar refractivity (Wildman–Crippen MR) is 65.1 cm³/mol. The number of oxime groups is 1. The Hall–Kier alpha value is -1.36. The first kappa shape index (κ1) is 12.7. The predicted octanol–water partition coefficient (Wildman–Crippen LogP) is 2.36. The lowest BCUT2D eigenvalue weighted by Crippen LogP contribution is -2.05. The molecule has 1 aromatic carbocycles. The van der Waals surface area contributed by atoms with Gasteiger partial charge in [-0.25, -0.2) is 4.79 Å². The molecule has 0 aliphatic rings. The van der Waals surface area contributed by atoms with Gasteiger partial charge in [0.1, 0.15) is 5.75 Å². The zero-order valence-corrected chi connectivity index (χ0v) is 10.7. The molecule has 0 heterocycles. The minimum Gasteiger partial charge on any atom is -0.497 e. The number of hydrogen-bond donors (Lipinski definition) is 0. The fourth-order valence-corrected chi connectivity index (χ4v) is 1.48. The van der Waals surface area contributed by atoms with Crippen molar-refractivity contribution in [1.82, 2.24) is 0 Å². The van der Waals surface area contributed by atoms with Crippen molar-refractivity contribution >= 4 is 27.6 Å². The third kappa shape index (κ3) is 3.66. The van der Waals surface area contributed by atoms with Crippen LogP contribution in [0.4, 0.5) is 0 Å². The number of hydrogen-bond acceptors (Lipinski definition) is 4. The van der Waals surface area contributed by atoms with E-state index in [4.69, 9.17) is 4.74 Å². The summed E-state index contributed by atoms with van der Waals surface area (Å²) in [5.41, 5.74) is 1.52. The first-order chi connectivity index (χ1) is 7.67. The first-order valence-corrected chi connectivity index (χ1v) is 5.74. The van der Waals surface area contributed by atoms with Crippen molar-refractivity contribution in [3.05, 3.63) is 29.8 Å². The van der Waals surface area contributed by atoms with Crippen molar-refractivity contribution in [1.29, 1.82) is 0 Å². The maximum absolute atomic E-state index is 10.6. The highest BCUT2D eigenvalue weighted by Gasteiger charge is 2.04. The van der Waals surface area contributed by atoms with Gasteiger partial charge in [0, 0.05) is 17.8 Å². The van der Waals surface area contributed by atoms with Gasteiger partial charge in [-0.3, -0.25) is 0 Å². The Morgan fingerprint density at radius 3 is 2.44 bits per heavy atom. The second-order valence-electron chi connectivity index (χ2n) is 2.98. The largest absolute Gasteiger partial charge is 0.497 e. The molecular weight excluding hydrogens is 274 g/mol. The molecule has 0 atom stereocenters. The summed E-state index contributed by atoms with van der Waals surface area (Å²) >= 11 is 3.28. The normalized spacial score (nSPS) is 11.1. The molecule has 0 bridgehead atoms. The van der Waals surface area contributed by atoms with Gasteiger partial charge in [-0.05, 0) is 24.3 Å². The highest BCUT2D eigenvalue weighted by molar-refractivity contribution is 9.09. The molecule has 1 aromatic rings. The van der Waals surface area contributed by atoms with E-state index in [0.29, 0.717) is 11.0 Å². The molecule has 0 saturated heterocycles. The molecule has 0 amide bonds. The molecule has 0 N–H and O–H groups in total. The summed E-state index contributed by atoms with van der Waals surface area (Å²) in [5, 5.41) is 4.25. The molecular formula is C11H12BrNO3. The second-order valence-corrected chi connectivity index (χ2v) is 3.54. The molecule has 0 fully saturated rings. The van der Waals surface area contributed by atoms with Gasteiger partial charge in [0.05, 0.1) is 12.8 Å². The van der Waals surface area contributed by atoms with Crippen LogP contribution in [-0.4, -0.2) is 24.1 Å². The molecule has 0 aliphatic carbocycles. The maximum atomic E-state index is 10.6. The van der Waals surface area contributed by atoms with E-state index in [2.05, 4.69) is 25.9 Å². The Labute approximate surface area is 102 Å². The third-order valence-corrected chi connectivity index (χ3v) is 2.37. The molecule has 5 heteroatoms. The first-order valence-electron chi connectivity index (χ1n) is 4.62.